The summed E-state index contributed by atoms with van der Waals surface area (Å²) in [6.07, 6.45) is 2.16. The van der Waals surface area contributed by atoms with Gasteiger partial charge in [0.25, 0.3) is 0 Å². The van der Waals surface area contributed by atoms with Crippen LogP contribution < -0.4 is 4.74 Å². The maximum Gasteiger partial charge on any atom is 0.211 e. The van der Waals surface area contributed by atoms with Crippen LogP contribution in [0.1, 0.15) is 21.5 Å². The Kier molecular flexibility index (Phi) is 3.06. The van der Waals surface area contributed by atoms with Gasteiger partial charge in [0.05, 0.1) is 0 Å². The molecule has 1 spiro atoms. The fourth-order valence-electron chi connectivity index (χ4n) is 3.78. The molecule has 3 aromatic carbocycles. The quantitative estimate of drug-likeness (QED) is 0.514. The summed E-state index contributed by atoms with van der Waals surface area (Å²) in [6.45, 7) is 0. The van der Waals surface area contributed by atoms with E-state index in [0.29, 0.717) is 27.8 Å². The van der Waals surface area contributed by atoms with E-state index in [0.717, 1.165) is 21.9 Å². The number of carbonyl (C=O) groups is 1. The van der Waals surface area contributed by atoms with Gasteiger partial charge >= 0.3 is 0 Å². The molecule has 1 atom stereocenters. The Morgan fingerprint density at radius 3 is 2.40 bits per heavy atom. The molecule has 1 aliphatic carbocycles. The first-order valence-electron chi connectivity index (χ1n) is 8.01. The molecule has 1 aliphatic heterocycles. The summed E-state index contributed by atoms with van der Waals surface area (Å²) < 4.78 is 6.27. The molecule has 2 nitrogen and oxygen atoms in total. The Labute approximate surface area is 154 Å². The van der Waals surface area contributed by atoms with Crippen molar-refractivity contribution in [1.82, 2.24) is 0 Å². The van der Waals surface area contributed by atoms with E-state index in [4.69, 9.17) is 27.9 Å². The van der Waals surface area contributed by atoms with Crippen molar-refractivity contribution in [3.05, 3.63) is 82.4 Å². The molecule has 1 unspecified atom stereocenters. The van der Waals surface area contributed by atoms with Gasteiger partial charge in [-0.3, -0.25) is 4.79 Å². The second kappa shape index (κ2) is 5.10. The molecule has 0 saturated carbocycles. The van der Waals surface area contributed by atoms with E-state index in [1.165, 1.54) is 0 Å². The van der Waals surface area contributed by atoms with Gasteiger partial charge in [0.15, 0.2) is 5.60 Å². The molecule has 0 bridgehead atoms. The highest BCUT2D eigenvalue weighted by Gasteiger charge is 2.48. The molecule has 3 aromatic rings. The average Bonchev–Trinajstić information content (AvgIpc) is 2.99. The summed E-state index contributed by atoms with van der Waals surface area (Å²) in [5, 5.41) is 3.03. The molecule has 0 amide bonds. The van der Waals surface area contributed by atoms with E-state index < -0.39 is 5.60 Å². The molecule has 4 heteroatoms. The van der Waals surface area contributed by atoms with Gasteiger partial charge in [-0.25, -0.2) is 0 Å². The molecular formula is C21H12Cl2O2. The molecule has 0 N–H and O–H groups in total. The lowest BCUT2D eigenvalue weighted by Crippen LogP contribution is -2.43. The first kappa shape index (κ1) is 15.0. The highest BCUT2D eigenvalue weighted by atomic mass is 35.5. The van der Waals surface area contributed by atoms with Crippen LogP contribution in [0.25, 0.3) is 15.8 Å². The first-order chi connectivity index (χ1) is 12.1. The predicted molar refractivity (Wildman–Crippen MR) is 101 cm³/mol. The third kappa shape index (κ3) is 2.01. The van der Waals surface area contributed by atoms with E-state index in [9.17, 15) is 4.79 Å². The Morgan fingerprint density at radius 2 is 1.60 bits per heavy atom. The Bertz CT molecular complexity index is 1100. The summed E-state index contributed by atoms with van der Waals surface area (Å²) in [6, 6.07) is 17.0. The number of benzene rings is 3. The lowest BCUT2D eigenvalue weighted by atomic mass is 9.82. The molecule has 1 heterocycles. The van der Waals surface area contributed by atoms with Gasteiger partial charge in [0, 0.05) is 43.9 Å². The molecule has 5 rings (SSSR count). The Balaban J connectivity index is 1.72. The maximum absolute atomic E-state index is 13.2. The lowest BCUT2D eigenvalue weighted by Gasteiger charge is -2.29. The number of rotatable bonds is 0. The van der Waals surface area contributed by atoms with Crippen LogP contribution in [-0.2, 0) is 6.42 Å². The van der Waals surface area contributed by atoms with E-state index in [1.54, 1.807) is 12.1 Å². The van der Waals surface area contributed by atoms with Gasteiger partial charge in [-0.05, 0) is 12.1 Å². The van der Waals surface area contributed by atoms with Crippen molar-refractivity contribution in [3.8, 4) is 5.75 Å². The van der Waals surface area contributed by atoms with Crippen molar-refractivity contribution < 1.29 is 9.53 Å². The fourth-order valence-corrected chi connectivity index (χ4v) is 4.42. The number of fused-ring (bicyclic) bond motifs is 4. The molecule has 0 radical (unpaired) electrons. The monoisotopic (exact) mass is 366 g/mol. The zero-order chi connectivity index (χ0) is 17.2. The number of Topliss-reactive ketones (excluding diaryl/α,β-unsaturated/α-hetero) is 1. The van der Waals surface area contributed by atoms with E-state index in [1.807, 2.05) is 48.5 Å². The van der Waals surface area contributed by atoms with Gasteiger partial charge in [-0.1, -0.05) is 71.7 Å². The summed E-state index contributed by atoms with van der Waals surface area (Å²) in [7, 11) is 0. The standard InChI is InChI=1S/C21H12Cl2O2/c22-17-9-12-10-21(25-19(12)15-7-3-1-5-13(15)17)11-18(23)14-6-2-4-8-16(14)20(21)24/h1-9,11H,10H2. The van der Waals surface area contributed by atoms with Crippen molar-refractivity contribution >= 4 is 44.8 Å². The van der Waals surface area contributed by atoms with Crippen molar-refractivity contribution in [2.45, 2.75) is 12.0 Å². The van der Waals surface area contributed by atoms with Crippen LogP contribution in [0.2, 0.25) is 5.02 Å². The Hall–Kier alpha value is -2.29. The Morgan fingerprint density at radius 1 is 0.920 bits per heavy atom. The number of halogens is 2. The zero-order valence-electron chi connectivity index (χ0n) is 13.1. The molecule has 2 aliphatic rings. The fraction of sp³-hybridized carbons (Fsp3) is 0.0952. The number of hydrogen-bond donors (Lipinski definition) is 0. The number of ether oxygens (including phenoxy) is 1. The minimum atomic E-state index is -1.10. The van der Waals surface area contributed by atoms with Crippen molar-refractivity contribution in [3.63, 3.8) is 0 Å². The third-order valence-corrected chi connectivity index (χ3v) is 5.56. The van der Waals surface area contributed by atoms with Gasteiger partial charge in [-0.15, -0.1) is 0 Å². The molecule has 25 heavy (non-hydrogen) atoms. The highest BCUT2D eigenvalue weighted by molar-refractivity contribution is 6.50. The van der Waals surface area contributed by atoms with Crippen molar-refractivity contribution in [2.24, 2.45) is 0 Å². The highest BCUT2D eigenvalue weighted by Crippen LogP contribution is 2.48. The van der Waals surface area contributed by atoms with Crippen LogP contribution >= 0.6 is 23.2 Å². The summed E-state index contributed by atoms with van der Waals surface area (Å²) in [5.74, 6) is 0.650. The molecule has 122 valence electrons. The zero-order valence-corrected chi connectivity index (χ0v) is 14.6. The molecule has 0 fully saturated rings. The minimum Gasteiger partial charge on any atom is -0.474 e. The smallest absolute Gasteiger partial charge is 0.211 e. The molecule has 0 saturated heterocycles. The van der Waals surface area contributed by atoms with E-state index in [-0.39, 0.29) is 5.78 Å². The van der Waals surface area contributed by atoms with Crippen LogP contribution in [0.5, 0.6) is 5.75 Å². The second-order valence-electron chi connectivity index (χ2n) is 6.43. The first-order valence-corrected chi connectivity index (χ1v) is 8.76. The van der Waals surface area contributed by atoms with Gasteiger partial charge in [0.1, 0.15) is 5.75 Å². The summed E-state index contributed by atoms with van der Waals surface area (Å²) >= 11 is 12.9. The van der Waals surface area contributed by atoms with E-state index >= 15 is 0 Å². The van der Waals surface area contributed by atoms with Crippen LogP contribution in [0.4, 0.5) is 0 Å². The number of carbonyl (C=O) groups excluding carboxylic acids is 1. The largest absolute Gasteiger partial charge is 0.474 e. The molecule has 0 aromatic heterocycles. The van der Waals surface area contributed by atoms with Gasteiger partial charge < -0.3 is 4.74 Å². The number of hydrogen-bond acceptors (Lipinski definition) is 2. The van der Waals surface area contributed by atoms with E-state index in [2.05, 4.69) is 0 Å². The number of ketones is 1. The normalized spacial score (nSPS) is 21.0. The maximum atomic E-state index is 13.2. The van der Waals surface area contributed by atoms with Crippen LogP contribution in [0.15, 0.2) is 60.7 Å². The van der Waals surface area contributed by atoms with Crippen molar-refractivity contribution in [2.75, 3.05) is 0 Å². The van der Waals surface area contributed by atoms with Crippen LogP contribution in [0, 0.1) is 0 Å². The average molecular weight is 367 g/mol. The summed E-state index contributed by atoms with van der Waals surface area (Å²) in [4.78, 5) is 13.2. The SMILES string of the molecule is O=C1c2ccccc2C(Cl)=CC12Cc1cc(Cl)c3ccccc3c1O2. The summed E-state index contributed by atoms with van der Waals surface area (Å²) in [5.41, 5.74) is 1.18. The lowest BCUT2D eigenvalue weighted by molar-refractivity contribution is 0.0679. The molecular weight excluding hydrogens is 355 g/mol. The van der Waals surface area contributed by atoms with Gasteiger partial charge in [0.2, 0.25) is 5.78 Å². The van der Waals surface area contributed by atoms with Crippen LogP contribution in [-0.4, -0.2) is 11.4 Å². The second-order valence-corrected chi connectivity index (χ2v) is 7.24. The third-order valence-electron chi connectivity index (χ3n) is 4.93. The van der Waals surface area contributed by atoms with Gasteiger partial charge in [-0.2, -0.15) is 0 Å². The topological polar surface area (TPSA) is 26.3 Å². The minimum absolute atomic E-state index is 0.0658. The van der Waals surface area contributed by atoms with Crippen molar-refractivity contribution in [1.29, 1.82) is 0 Å². The predicted octanol–water partition coefficient (Wildman–Crippen LogP) is 5.64. The van der Waals surface area contributed by atoms with Crippen LogP contribution in [0.3, 0.4) is 0 Å².